The quantitative estimate of drug-likeness (QED) is 0.485. The largest absolute Gasteiger partial charge is 1.00 e. The molecule has 0 aromatic rings. The highest BCUT2D eigenvalue weighted by Crippen LogP contribution is 2.37. The van der Waals surface area contributed by atoms with Crippen molar-refractivity contribution in [2.75, 3.05) is 44.3 Å². The van der Waals surface area contributed by atoms with Crippen LogP contribution in [0.2, 0.25) is 0 Å². The van der Waals surface area contributed by atoms with E-state index in [1.54, 1.807) is 0 Å². The van der Waals surface area contributed by atoms with Crippen LogP contribution in [0, 0.1) is 0 Å². The molecular weight excluding hydrogens is 286 g/mol. The van der Waals surface area contributed by atoms with Crippen LogP contribution in [0.15, 0.2) is 0 Å². The van der Waals surface area contributed by atoms with Crippen LogP contribution < -0.4 is 12.4 Å². The first-order chi connectivity index (χ1) is 8.54. The van der Waals surface area contributed by atoms with Crippen molar-refractivity contribution in [1.29, 1.82) is 0 Å². The van der Waals surface area contributed by atoms with Crippen molar-refractivity contribution in [2.24, 2.45) is 0 Å². The van der Waals surface area contributed by atoms with Crippen LogP contribution in [0.25, 0.3) is 0 Å². The molecule has 0 saturated carbocycles. The standard InChI is InChI=1S/C13H24NO3S.ClH/c15-18(16)11-8-14(9-12-18)6-4-13(5-7-14)3-1-2-10-17-13;/h1-12H2;1H/q+1;/p-1. The number of piperidine rings is 1. The molecule has 3 aliphatic rings. The van der Waals surface area contributed by atoms with Crippen LogP contribution in [0.1, 0.15) is 32.1 Å². The van der Waals surface area contributed by atoms with Crippen LogP contribution in [-0.4, -0.2) is 62.8 Å². The Labute approximate surface area is 122 Å². The fraction of sp³-hybridized carbons (Fsp3) is 1.00. The van der Waals surface area contributed by atoms with Gasteiger partial charge in [0.05, 0.1) is 43.3 Å². The van der Waals surface area contributed by atoms with E-state index in [4.69, 9.17) is 4.74 Å². The second-order valence-electron chi connectivity index (χ2n) is 6.38. The zero-order chi connectivity index (χ0) is 12.7. The molecule has 0 aromatic heterocycles. The van der Waals surface area contributed by atoms with Crippen molar-refractivity contribution in [3.05, 3.63) is 0 Å². The molecular formula is C13H24ClNO3S. The fourth-order valence-corrected chi connectivity index (χ4v) is 5.28. The Morgan fingerprint density at radius 3 is 2.05 bits per heavy atom. The van der Waals surface area contributed by atoms with Gasteiger partial charge in [-0.3, -0.25) is 0 Å². The maximum absolute atomic E-state index is 11.5. The number of sulfone groups is 1. The number of rotatable bonds is 0. The first-order valence-electron chi connectivity index (χ1n) is 7.23. The Bertz CT molecular complexity index is 392. The molecule has 3 saturated heterocycles. The second-order valence-corrected chi connectivity index (χ2v) is 8.68. The lowest BCUT2D eigenvalue weighted by molar-refractivity contribution is -0.931. The summed E-state index contributed by atoms with van der Waals surface area (Å²) in [5.41, 5.74) is 0.151. The van der Waals surface area contributed by atoms with Gasteiger partial charge in [0.2, 0.25) is 0 Å². The van der Waals surface area contributed by atoms with E-state index in [1.165, 1.54) is 19.3 Å². The molecule has 0 amide bonds. The van der Waals surface area contributed by atoms with E-state index in [9.17, 15) is 8.42 Å². The van der Waals surface area contributed by atoms with Gasteiger partial charge in [0.1, 0.15) is 0 Å². The number of hydrogen-bond acceptors (Lipinski definition) is 3. The predicted molar refractivity (Wildman–Crippen MR) is 70.2 cm³/mol. The van der Waals surface area contributed by atoms with Gasteiger partial charge < -0.3 is 21.6 Å². The fourth-order valence-electron chi connectivity index (χ4n) is 3.75. The highest BCUT2D eigenvalue weighted by atomic mass is 35.5. The minimum Gasteiger partial charge on any atom is -1.00 e. The van der Waals surface area contributed by atoms with Crippen LogP contribution in [0.4, 0.5) is 0 Å². The van der Waals surface area contributed by atoms with E-state index in [2.05, 4.69) is 0 Å². The summed E-state index contributed by atoms with van der Waals surface area (Å²) >= 11 is 0. The van der Waals surface area contributed by atoms with Crippen molar-refractivity contribution in [3.8, 4) is 0 Å². The molecule has 0 N–H and O–H groups in total. The predicted octanol–water partition coefficient (Wildman–Crippen LogP) is -2.03. The van der Waals surface area contributed by atoms with Gasteiger partial charge in [0.25, 0.3) is 0 Å². The Morgan fingerprint density at radius 1 is 0.895 bits per heavy atom. The maximum Gasteiger partial charge on any atom is 0.161 e. The molecule has 3 aliphatic heterocycles. The minimum absolute atomic E-state index is 0. The summed E-state index contributed by atoms with van der Waals surface area (Å²) in [6, 6.07) is 0. The van der Waals surface area contributed by atoms with E-state index < -0.39 is 9.84 Å². The first-order valence-corrected chi connectivity index (χ1v) is 9.05. The maximum atomic E-state index is 11.5. The third-order valence-electron chi connectivity index (χ3n) is 5.27. The zero-order valence-corrected chi connectivity index (χ0v) is 13.0. The van der Waals surface area contributed by atoms with Crippen molar-refractivity contribution in [1.82, 2.24) is 0 Å². The molecule has 0 unspecified atom stereocenters. The molecule has 2 spiro atoms. The number of ether oxygens (including phenoxy) is 1. The average molecular weight is 310 g/mol. The third kappa shape index (κ3) is 3.26. The highest BCUT2D eigenvalue weighted by molar-refractivity contribution is 7.91. The van der Waals surface area contributed by atoms with E-state index >= 15 is 0 Å². The molecule has 6 heteroatoms. The molecule has 19 heavy (non-hydrogen) atoms. The summed E-state index contributed by atoms with van der Waals surface area (Å²) in [7, 11) is -2.74. The monoisotopic (exact) mass is 309 g/mol. The topological polar surface area (TPSA) is 43.4 Å². The van der Waals surface area contributed by atoms with Crippen molar-refractivity contribution >= 4 is 9.84 Å². The lowest BCUT2D eigenvalue weighted by Crippen LogP contribution is -3.00. The normalized spacial score (nSPS) is 31.8. The molecule has 3 fully saturated rings. The van der Waals surface area contributed by atoms with E-state index in [0.29, 0.717) is 11.5 Å². The molecule has 0 aliphatic carbocycles. The Kier molecular flexibility index (Phi) is 4.51. The second kappa shape index (κ2) is 5.51. The van der Waals surface area contributed by atoms with Crippen LogP contribution in [0.3, 0.4) is 0 Å². The van der Waals surface area contributed by atoms with Crippen molar-refractivity contribution < 1.29 is 30.0 Å². The van der Waals surface area contributed by atoms with E-state index in [0.717, 1.165) is 50.1 Å². The van der Waals surface area contributed by atoms with Gasteiger partial charge in [0, 0.05) is 19.4 Å². The molecule has 0 atom stereocenters. The molecule has 112 valence electrons. The smallest absolute Gasteiger partial charge is 0.161 e. The SMILES string of the molecule is O=S1(=O)CC[N+]2(CCC3(CCCCO3)CC2)CC1.[Cl-]. The molecule has 4 nitrogen and oxygen atoms in total. The Morgan fingerprint density at radius 2 is 1.53 bits per heavy atom. The molecule has 0 aromatic carbocycles. The number of quaternary nitrogens is 1. The summed E-state index contributed by atoms with van der Waals surface area (Å²) in [5.74, 6) is 0.779. The van der Waals surface area contributed by atoms with E-state index in [-0.39, 0.29) is 18.0 Å². The zero-order valence-electron chi connectivity index (χ0n) is 11.4. The van der Waals surface area contributed by atoms with Gasteiger partial charge in [-0.25, -0.2) is 8.42 Å². The number of halogens is 1. The third-order valence-corrected chi connectivity index (χ3v) is 6.88. The number of hydrogen-bond donors (Lipinski definition) is 0. The summed E-state index contributed by atoms with van der Waals surface area (Å²) in [6.45, 7) is 4.83. The molecule has 3 rings (SSSR count). The van der Waals surface area contributed by atoms with Crippen LogP contribution >= 0.6 is 0 Å². The van der Waals surface area contributed by atoms with Gasteiger partial charge in [-0.15, -0.1) is 0 Å². The van der Waals surface area contributed by atoms with Crippen LogP contribution in [-0.2, 0) is 14.6 Å². The molecule has 0 bridgehead atoms. The highest BCUT2D eigenvalue weighted by Gasteiger charge is 2.46. The lowest BCUT2D eigenvalue weighted by atomic mass is 9.83. The van der Waals surface area contributed by atoms with E-state index in [1.807, 2.05) is 0 Å². The van der Waals surface area contributed by atoms with Gasteiger partial charge in [-0.2, -0.15) is 0 Å². The summed E-state index contributed by atoms with van der Waals surface area (Å²) in [4.78, 5) is 0. The van der Waals surface area contributed by atoms with Crippen LogP contribution in [0.5, 0.6) is 0 Å². The van der Waals surface area contributed by atoms with Gasteiger partial charge >= 0.3 is 0 Å². The summed E-state index contributed by atoms with van der Waals surface area (Å²) in [6.07, 6.45) is 5.99. The Hall–Kier alpha value is 0.160. The Balaban J connectivity index is 0.00000133. The van der Waals surface area contributed by atoms with Gasteiger partial charge in [-0.1, -0.05) is 0 Å². The van der Waals surface area contributed by atoms with Gasteiger partial charge in [0.15, 0.2) is 9.84 Å². The van der Waals surface area contributed by atoms with Crippen molar-refractivity contribution in [3.63, 3.8) is 0 Å². The average Bonchev–Trinajstić information content (AvgIpc) is 2.38. The summed E-state index contributed by atoms with van der Waals surface area (Å²) < 4.78 is 30.2. The van der Waals surface area contributed by atoms with Crippen molar-refractivity contribution in [2.45, 2.75) is 37.7 Å². The summed E-state index contributed by atoms with van der Waals surface area (Å²) in [5, 5.41) is 0. The molecule has 0 radical (unpaired) electrons. The molecule has 3 heterocycles. The first kappa shape index (κ1) is 15.5. The lowest BCUT2D eigenvalue weighted by Gasteiger charge is -2.50. The van der Waals surface area contributed by atoms with Gasteiger partial charge in [-0.05, 0) is 19.3 Å². The number of nitrogens with zero attached hydrogens (tertiary/aromatic N) is 1. The minimum atomic E-state index is -2.74.